The summed E-state index contributed by atoms with van der Waals surface area (Å²) in [6.45, 7) is 4.33. The molecule has 1 nitrogen and oxygen atoms in total. The van der Waals surface area contributed by atoms with Gasteiger partial charge >= 0.3 is 0 Å². The summed E-state index contributed by atoms with van der Waals surface area (Å²) in [5.74, 6) is 0. The molecule has 0 aromatic carbocycles. The standard InChI is InChI=1S/C12H18BrNS2/c1-9-11(13)6-10(16-9)7-14-8-12(15-2)4-3-5-12/h6,14H,3-5,7-8H2,1-2H3. The molecule has 1 aromatic rings. The number of halogens is 1. The molecule has 0 spiro atoms. The topological polar surface area (TPSA) is 12.0 Å². The smallest absolute Gasteiger partial charge is 0.0314 e. The molecule has 0 radical (unpaired) electrons. The van der Waals surface area contributed by atoms with Crippen molar-refractivity contribution in [3.63, 3.8) is 0 Å². The van der Waals surface area contributed by atoms with Crippen LogP contribution in [0.3, 0.4) is 0 Å². The van der Waals surface area contributed by atoms with Crippen LogP contribution in [-0.4, -0.2) is 17.5 Å². The highest BCUT2D eigenvalue weighted by molar-refractivity contribution is 9.10. The molecule has 0 aliphatic heterocycles. The van der Waals surface area contributed by atoms with E-state index in [1.165, 1.54) is 33.5 Å². The summed E-state index contributed by atoms with van der Waals surface area (Å²) in [5, 5.41) is 3.60. The summed E-state index contributed by atoms with van der Waals surface area (Å²) in [7, 11) is 0. The normalized spacial score (nSPS) is 18.4. The molecule has 1 heterocycles. The zero-order chi connectivity index (χ0) is 11.6. The highest BCUT2D eigenvalue weighted by Gasteiger charge is 2.35. The van der Waals surface area contributed by atoms with E-state index in [9.17, 15) is 0 Å². The molecule has 0 atom stereocenters. The first-order chi connectivity index (χ1) is 7.65. The molecule has 0 amide bonds. The molecule has 0 unspecified atom stereocenters. The van der Waals surface area contributed by atoms with E-state index in [1.807, 2.05) is 23.1 Å². The Bertz CT molecular complexity index is 333. The van der Waals surface area contributed by atoms with Crippen LogP contribution in [0.2, 0.25) is 0 Å². The number of hydrogen-bond donors (Lipinski definition) is 1. The molecular weight excluding hydrogens is 302 g/mol. The lowest BCUT2D eigenvalue weighted by molar-refractivity contribution is 0.346. The van der Waals surface area contributed by atoms with Gasteiger partial charge in [-0.2, -0.15) is 11.8 Å². The molecule has 1 aliphatic carbocycles. The van der Waals surface area contributed by atoms with Crippen molar-refractivity contribution in [2.45, 2.75) is 37.5 Å². The van der Waals surface area contributed by atoms with E-state index in [-0.39, 0.29) is 0 Å². The van der Waals surface area contributed by atoms with Crippen molar-refractivity contribution in [3.8, 4) is 0 Å². The Labute approximate surface area is 115 Å². The van der Waals surface area contributed by atoms with E-state index in [1.54, 1.807) is 0 Å². The lowest BCUT2D eigenvalue weighted by atomic mass is 9.84. The average molecular weight is 320 g/mol. The van der Waals surface area contributed by atoms with Crippen molar-refractivity contribution in [1.82, 2.24) is 5.32 Å². The molecule has 1 fully saturated rings. The molecule has 2 rings (SSSR count). The Morgan fingerprint density at radius 2 is 2.31 bits per heavy atom. The summed E-state index contributed by atoms with van der Waals surface area (Å²) in [4.78, 5) is 2.81. The van der Waals surface area contributed by atoms with Gasteiger partial charge in [-0.3, -0.25) is 0 Å². The van der Waals surface area contributed by atoms with Crippen molar-refractivity contribution >= 4 is 39.0 Å². The van der Waals surface area contributed by atoms with E-state index in [2.05, 4.69) is 40.5 Å². The van der Waals surface area contributed by atoms with Gasteiger partial charge in [-0.05, 0) is 48.0 Å². The first-order valence-corrected chi connectivity index (χ1v) is 8.49. The summed E-state index contributed by atoms with van der Waals surface area (Å²) in [5.41, 5.74) is 0. The van der Waals surface area contributed by atoms with Crippen molar-refractivity contribution in [2.24, 2.45) is 0 Å². The fourth-order valence-electron chi connectivity index (χ4n) is 2.04. The Morgan fingerprint density at radius 3 is 2.75 bits per heavy atom. The molecule has 16 heavy (non-hydrogen) atoms. The summed E-state index contributed by atoms with van der Waals surface area (Å²) < 4.78 is 1.79. The van der Waals surface area contributed by atoms with Gasteiger partial charge in [0.25, 0.3) is 0 Å². The molecule has 1 N–H and O–H groups in total. The largest absolute Gasteiger partial charge is 0.310 e. The van der Waals surface area contributed by atoms with Crippen LogP contribution in [-0.2, 0) is 6.54 Å². The zero-order valence-electron chi connectivity index (χ0n) is 9.81. The van der Waals surface area contributed by atoms with Crippen LogP contribution >= 0.6 is 39.0 Å². The molecular formula is C12H18BrNS2. The Balaban J connectivity index is 1.79. The van der Waals surface area contributed by atoms with Crippen LogP contribution in [0.25, 0.3) is 0 Å². The van der Waals surface area contributed by atoms with E-state index in [0.717, 1.165) is 13.1 Å². The van der Waals surface area contributed by atoms with Gasteiger partial charge in [0.05, 0.1) is 0 Å². The maximum absolute atomic E-state index is 3.60. The fraction of sp³-hybridized carbons (Fsp3) is 0.667. The molecule has 1 saturated carbocycles. The Morgan fingerprint density at radius 1 is 1.56 bits per heavy atom. The number of thioether (sulfide) groups is 1. The second-order valence-electron chi connectivity index (χ2n) is 4.46. The molecule has 0 bridgehead atoms. The molecule has 1 aliphatic rings. The zero-order valence-corrected chi connectivity index (χ0v) is 13.0. The van der Waals surface area contributed by atoms with Crippen LogP contribution in [0, 0.1) is 6.92 Å². The maximum atomic E-state index is 3.60. The Kier molecular flexibility index (Phi) is 4.38. The van der Waals surface area contributed by atoms with Gasteiger partial charge in [0.2, 0.25) is 0 Å². The van der Waals surface area contributed by atoms with Crippen LogP contribution in [0.1, 0.15) is 29.0 Å². The monoisotopic (exact) mass is 319 g/mol. The van der Waals surface area contributed by atoms with E-state index in [0.29, 0.717) is 4.75 Å². The lowest BCUT2D eigenvalue weighted by Crippen LogP contribution is -2.43. The summed E-state index contributed by atoms with van der Waals surface area (Å²) in [6, 6.07) is 2.24. The minimum Gasteiger partial charge on any atom is -0.310 e. The minimum atomic E-state index is 0.545. The van der Waals surface area contributed by atoms with Gasteiger partial charge in [0, 0.05) is 32.1 Å². The van der Waals surface area contributed by atoms with Gasteiger partial charge in [0.1, 0.15) is 0 Å². The van der Waals surface area contributed by atoms with Gasteiger partial charge in [-0.1, -0.05) is 6.42 Å². The number of nitrogens with one attached hydrogen (secondary N) is 1. The van der Waals surface area contributed by atoms with E-state index in [4.69, 9.17) is 0 Å². The van der Waals surface area contributed by atoms with Gasteiger partial charge in [-0.15, -0.1) is 11.3 Å². The third kappa shape index (κ3) is 2.84. The highest BCUT2D eigenvalue weighted by Crippen LogP contribution is 2.42. The predicted octanol–water partition coefficient (Wildman–Crippen LogP) is 4.19. The summed E-state index contributed by atoms with van der Waals surface area (Å²) >= 11 is 7.48. The van der Waals surface area contributed by atoms with Gasteiger partial charge in [0.15, 0.2) is 0 Å². The molecule has 0 saturated heterocycles. The molecule has 90 valence electrons. The van der Waals surface area contributed by atoms with E-state index < -0.39 is 0 Å². The first-order valence-electron chi connectivity index (χ1n) is 5.66. The number of aryl methyl sites for hydroxylation is 1. The second kappa shape index (κ2) is 5.42. The number of rotatable bonds is 5. The summed E-state index contributed by atoms with van der Waals surface area (Å²) in [6.07, 6.45) is 6.42. The quantitative estimate of drug-likeness (QED) is 0.873. The SMILES string of the molecule is CSC1(CNCc2cc(Br)c(C)s2)CCC1. The van der Waals surface area contributed by atoms with Crippen molar-refractivity contribution in [3.05, 3.63) is 20.3 Å². The third-order valence-corrected chi connectivity index (χ3v) is 6.91. The number of hydrogen-bond acceptors (Lipinski definition) is 3. The predicted molar refractivity (Wildman–Crippen MR) is 78.6 cm³/mol. The van der Waals surface area contributed by atoms with E-state index >= 15 is 0 Å². The van der Waals surface area contributed by atoms with Gasteiger partial charge < -0.3 is 5.32 Å². The Hall–Kier alpha value is 0.490. The number of thiophene rings is 1. The average Bonchev–Trinajstić information content (AvgIpc) is 2.51. The fourth-order valence-corrected chi connectivity index (χ4v) is 4.56. The lowest BCUT2D eigenvalue weighted by Gasteiger charge is -2.40. The van der Waals surface area contributed by atoms with Crippen molar-refractivity contribution in [2.75, 3.05) is 12.8 Å². The van der Waals surface area contributed by atoms with Crippen LogP contribution in [0.5, 0.6) is 0 Å². The maximum Gasteiger partial charge on any atom is 0.0314 e. The second-order valence-corrected chi connectivity index (χ2v) is 7.93. The molecule has 1 aromatic heterocycles. The van der Waals surface area contributed by atoms with Crippen molar-refractivity contribution < 1.29 is 0 Å². The van der Waals surface area contributed by atoms with Crippen LogP contribution in [0.15, 0.2) is 10.5 Å². The van der Waals surface area contributed by atoms with Crippen molar-refractivity contribution in [1.29, 1.82) is 0 Å². The van der Waals surface area contributed by atoms with Gasteiger partial charge in [-0.25, -0.2) is 0 Å². The highest BCUT2D eigenvalue weighted by atomic mass is 79.9. The first kappa shape index (κ1) is 12.9. The van der Waals surface area contributed by atoms with Crippen LogP contribution < -0.4 is 5.32 Å². The third-order valence-electron chi connectivity index (χ3n) is 3.35. The minimum absolute atomic E-state index is 0.545. The molecule has 4 heteroatoms. The van der Waals surface area contributed by atoms with Crippen LogP contribution in [0.4, 0.5) is 0 Å².